The van der Waals surface area contributed by atoms with E-state index in [2.05, 4.69) is 55.1 Å². The van der Waals surface area contributed by atoms with Gasteiger partial charge in [0, 0.05) is 17.1 Å². The minimum Gasteiger partial charge on any atom is -0.493 e. The summed E-state index contributed by atoms with van der Waals surface area (Å²) in [6.07, 6.45) is 9.76. The van der Waals surface area contributed by atoms with Gasteiger partial charge in [0.1, 0.15) is 5.75 Å². The van der Waals surface area contributed by atoms with Gasteiger partial charge in [-0.2, -0.15) is 29.0 Å². The molecule has 1 N–H and O–H groups in total. The zero-order valence-electron chi connectivity index (χ0n) is 22.2. The summed E-state index contributed by atoms with van der Waals surface area (Å²) in [6, 6.07) is 13.1. The lowest BCUT2D eigenvalue weighted by Crippen LogP contribution is -2.49. The quantitative estimate of drug-likeness (QED) is 0.256. The average Bonchev–Trinajstić information content (AvgIpc) is 3.37. The molecule has 0 aromatic heterocycles. The van der Waals surface area contributed by atoms with Gasteiger partial charge in [-0.1, -0.05) is 43.7 Å². The number of benzene rings is 2. The first-order chi connectivity index (χ1) is 18.1. The maximum Gasteiger partial charge on any atom is 0.370 e. The second-order valence-electron chi connectivity index (χ2n) is 12.1. The molecule has 1 atom stereocenters. The highest BCUT2D eigenvalue weighted by Gasteiger charge is 2.57. The molecule has 0 radical (unpaired) electrons. The van der Waals surface area contributed by atoms with Crippen molar-refractivity contribution in [2.24, 2.45) is 23.2 Å². The number of alkyl halides is 2. The third kappa shape index (κ3) is 6.02. The summed E-state index contributed by atoms with van der Waals surface area (Å²) in [4.78, 5) is 0. The molecule has 0 amide bonds. The lowest BCUT2D eigenvalue weighted by Gasteiger charge is -2.57. The molecular formula is C30H40F2O4S2. The van der Waals surface area contributed by atoms with Crippen molar-refractivity contribution in [1.29, 1.82) is 0 Å². The van der Waals surface area contributed by atoms with Gasteiger partial charge in [0.15, 0.2) is 0 Å². The van der Waals surface area contributed by atoms with Crippen molar-refractivity contribution in [2.45, 2.75) is 88.1 Å². The largest absolute Gasteiger partial charge is 0.493 e. The van der Waals surface area contributed by atoms with Crippen LogP contribution in [0, 0.1) is 23.2 Å². The van der Waals surface area contributed by atoms with Crippen molar-refractivity contribution in [3.63, 3.8) is 0 Å². The van der Waals surface area contributed by atoms with E-state index in [9.17, 15) is 17.2 Å². The summed E-state index contributed by atoms with van der Waals surface area (Å²) in [5, 5.41) is -0.669. The number of rotatable bonds is 8. The first-order valence-electron chi connectivity index (χ1n) is 14.2. The predicted molar refractivity (Wildman–Crippen MR) is 151 cm³/mol. The molecule has 1 unspecified atom stereocenters. The van der Waals surface area contributed by atoms with Crippen LogP contribution in [-0.4, -0.2) is 30.6 Å². The highest BCUT2D eigenvalue weighted by molar-refractivity contribution is 7.99. The Hall–Kier alpha value is -1.38. The molecule has 1 aliphatic heterocycles. The monoisotopic (exact) mass is 566 g/mol. The maximum atomic E-state index is 13.6. The standard InChI is InChI=1S/C18H22OS.C12H18F2O3S/c1-2-3-12-19-17-11-10-16(18-9-6-13-20-18)14-7-4-5-8-15(14)17;13-12(14,18(15,16)17)7-11-4-8-1-9(5-11)3-10(2-8)6-11/h4-5,7-8,10-11,18H,2-3,6,9,12-13H2,1H3;8-10H,1-7H2,(H,15,16,17). The van der Waals surface area contributed by atoms with Crippen LogP contribution in [0.2, 0.25) is 0 Å². The Labute approximate surface area is 230 Å². The fourth-order valence-electron chi connectivity index (χ4n) is 7.89. The maximum absolute atomic E-state index is 13.6. The van der Waals surface area contributed by atoms with Crippen molar-refractivity contribution >= 4 is 32.7 Å². The van der Waals surface area contributed by atoms with E-state index in [1.165, 1.54) is 41.4 Å². The molecule has 7 rings (SSSR count). The molecule has 4 saturated carbocycles. The summed E-state index contributed by atoms with van der Waals surface area (Å²) >= 11 is 2.10. The van der Waals surface area contributed by atoms with Crippen LogP contribution in [0.5, 0.6) is 5.75 Å². The van der Waals surface area contributed by atoms with Crippen LogP contribution in [0.3, 0.4) is 0 Å². The first-order valence-corrected chi connectivity index (χ1v) is 16.7. The van der Waals surface area contributed by atoms with Gasteiger partial charge in [0.05, 0.1) is 6.61 Å². The number of halogens is 2. The van der Waals surface area contributed by atoms with Gasteiger partial charge >= 0.3 is 15.4 Å². The average molecular weight is 567 g/mol. The van der Waals surface area contributed by atoms with Crippen molar-refractivity contribution in [2.75, 3.05) is 12.4 Å². The van der Waals surface area contributed by atoms with E-state index in [4.69, 9.17) is 9.29 Å². The summed E-state index contributed by atoms with van der Waals surface area (Å²) in [5.74, 6) is 3.82. The molecular weight excluding hydrogens is 526 g/mol. The zero-order valence-corrected chi connectivity index (χ0v) is 23.8. The molecule has 210 valence electrons. The van der Waals surface area contributed by atoms with E-state index < -0.39 is 27.2 Å². The molecule has 4 bridgehead atoms. The predicted octanol–water partition coefficient (Wildman–Crippen LogP) is 8.66. The van der Waals surface area contributed by atoms with Crippen LogP contribution in [0.15, 0.2) is 36.4 Å². The van der Waals surface area contributed by atoms with Gasteiger partial charge in [-0.05, 0) is 104 Å². The van der Waals surface area contributed by atoms with E-state index in [1.807, 2.05) is 0 Å². The molecule has 1 heterocycles. The van der Waals surface area contributed by atoms with Crippen LogP contribution in [0.25, 0.3) is 10.8 Å². The third-order valence-corrected chi connectivity index (χ3v) is 11.4. The molecule has 38 heavy (non-hydrogen) atoms. The lowest BCUT2D eigenvalue weighted by molar-refractivity contribution is -0.0933. The highest BCUT2D eigenvalue weighted by atomic mass is 32.2. The Morgan fingerprint density at radius 3 is 2.21 bits per heavy atom. The highest BCUT2D eigenvalue weighted by Crippen LogP contribution is 2.63. The van der Waals surface area contributed by atoms with Crippen molar-refractivity contribution in [3.05, 3.63) is 42.0 Å². The number of unbranched alkanes of at least 4 members (excludes halogenated alkanes) is 1. The second kappa shape index (κ2) is 11.2. The van der Waals surface area contributed by atoms with Gasteiger partial charge in [-0.3, -0.25) is 4.55 Å². The fraction of sp³-hybridized carbons (Fsp3) is 0.667. The van der Waals surface area contributed by atoms with E-state index in [0.29, 0.717) is 42.3 Å². The topological polar surface area (TPSA) is 63.6 Å². The van der Waals surface area contributed by atoms with Gasteiger partial charge < -0.3 is 4.74 Å². The van der Waals surface area contributed by atoms with Gasteiger partial charge in [-0.15, -0.1) is 0 Å². The minimum absolute atomic E-state index is 0.494. The SMILES string of the molecule is CCCCOc1ccc(C2CCCS2)c2ccccc12.O=S(=O)(O)C(F)(F)CC12CC3CC(CC(C3)C1)C2. The molecule has 5 aliphatic rings. The summed E-state index contributed by atoms with van der Waals surface area (Å²) in [6.45, 7) is 3.01. The molecule has 2 aromatic rings. The third-order valence-electron chi connectivity index (χ3n) is 9.07. The smallest absolute Gasteiger partial charge is 0.370 e. The van der Waals surface area contributed by atoms with E-state index in [-0.39, 0.29) is 0 Å². The van der Waals surface area contributed by atoms with E-state index in [1.54, 1.807) is 0 Å². The summed E-state index contributed by atoms with van der Waals surface area (Å²) in [7, 11) is -5.28. The van der Waals surface area contributed by atoms with Crippen molar-refractivity contribution < 1.29 is 26.5 Å². The number of ether oxygens (including phenoxy) is 1. The Morgan fingerprint density at radius 1 is 1.03 bits per heavy atom. The molecule has 0 spiro atoms. The lowest BCUT2D eigenvalue weighted by atomic mass is 9.49. The Balaban J connectivity index is 0.000000156. The molecule has 2 aromatic carbocycles. The zero-order chi connectivity index (χ0) is 27.0. The first kappa shape index (κ1) is 28.2. The number of thioether (sulfide) groups is 1. The van der Waals surface area contributed by atoms with E-state index >= 15 is 0 Å². The summed E-state index contributed by atoms with van der Waals surface area (Å²) in [5.41, 5.74) is 0.944. The van der Waals surface area contributed by atoms with Gasteiger partial charge in [0.25, 0.3) is 0 Å². The Kier molecular flexibility index (Phi) is 8.33. The molecule has 4 aliphatic carbocycles. The number of fused-ring (bicyclic) bond motifs is 1. The molecule has 4 nitrogen and oxygen atoms in total. The summed E-state index contributed by atoms with van der Waals surface area (Å²) < 4.78 is 63.4. The number of hydrogen-bond acceptors (Lipinski definition) is 4. The fourth-order valence-corrected chi connectivity index (χ4v) is 9.71. The van der Waals surface area contributed by atoms with Crippen LogP contribution >= 0.6 is 11.8 Å². The molecule has 5 fully saturated rings. The van der Waals surface area contributed by atoms with Crippen LogP contribution in [-0.2, 0) is 10.1 Å². The minimum atomic E-state index is -5.28. The molecule has 1 saturated heterocycles. The van der Waals surface area contributed by atoms with Crippen LogP contribution < -0.4 is 4.74 Å². The van der Waals surface area contributed by atoms with Crippen LogP contribution in [0.4, 0.5) is 8.78 Å². The Bertz CT molecular complexity index is 1190. The van der Waals surface area contributed by atoms with Gasteiger partial charge in [-0.25, -0.2) is 0 Å². The van der Waals surface area contributed by atoms with Crippen LogP contribution in [0.1, 0.15) is 88.4 Å². The normalized spacial score (nSPS) is 30.3. The van der Waals surface area contributed by atoms with Crippen molar-refractivity contribution in [1.82, 2.24) is 0 Å². The van der Waals surface area contributed by atoms with E-state index in [0.717, 1.165) is 38.0 Å². The number of hydrogen-bond donors (Lipinski definition) is 1. The second-order valence-corrected chi connectivity index (χ2v) is 15.0. The molecule has 8 heteroatoms. The Morgan fingerprint density at radius 2 is 1.66 bits per heavy atom. The van der Waals surface area contributed by atoms with Gasteiger partial charge in [0.2, 0.25) is 0 Å². The van der Waals surface area contributed by atoms with Crippen molar-refractivity contribution in [3.8, 4) is 5.75 Å².